The number of hydrogen-bond acceptors (Lipinski definition) is 7. The van der Waals surface area contributed by atoms with Crippen molar-refractivity contribution in [1.29, 1.82) is 0 Å². The average Bonchev–Trinajstić information content (AvgIpc) is 3.33. The fourth-order valence-corrected chi connectivity index (χ4v) is 5.64. The van der Waals surface area contributed by atoms with Gasteiger partial charge in [0.15, 0.2) is 15.9 Å². The number of benzene rings is 1. The van der Waals surface area contributed by atoms with Crippen molar-refractivity contribution in [3.8, 4) is 0 Å². The van der Waals surface area contributed by atoms with Crippen molar-refractivity contribution in [3.63, 3.8) is 0 Å². The Balaban J connectivity index is 1.46. The summed E-state index contributed by atoms with van der Waals surface area (Å²) in [6, 6.07) is 8.94. The lowest BCUT2D eigenvalue weighted by Gasteiger charge is -2.38. The fraction of sp³-hybridized carbons (Fsp3) is 0.529. The molecule has 0 radical (unpaired) electrons. The predicted molar refractivity (Wildman–Crippen MR) is 97.6 cm³/mol. The van der Waals surface area contributed by atoms with Crippen molar-refractivity contribution in [2.75, 3.05) is 37.7 Å². The van der Waals surface area contributed by atoms with Gasteiger partial charge in [-0.15, -0.1) is 5.10 Å². The van der Waals surface area contributed by atoms with Gasteiger partial charge >= 0.3 is 0 Å². The number of sulfone groups is 1. The first-order valence-electron chi connectivity index (χ1n) is 9.04. The third kappa shape index (κ3) is 3.86. The van der Waals surface area contributed by atoms with Crippen LogP contribution >= 0.6 is 0 Å². The van der Waals surface area contributed by atoms with E-state index in [1.54, 1.807) is 0 Å². The number of tetrazole rings is 1. The number of rotatable bonds is 4. The maximum atomic E-state index is 13.2. The summed E-state index contributed by atoms with van der Waals surface area (Å²) < 4.78 is 24.9. The van der Waals surface area contributed by atoms with E-state index in [-0.39, 0.29) is 23.5 Å². The van der Waals surface area contributed by atoms with Crippen molar-refractivity contribution in [2.45, 2.75) is 18.5 Å². The Morgan fingerprint density at radius 1 is 1.11 bits per heavy atom. The van der Waals surface area contributed by atoms with Crippen molar-refractivity contribution < 1.29 is 13.2 Å². The van der Waals surface area contributed by atoms with Gasteiger partial charge in [-0.05, 0) is 22.4 Å². The molecule has 9 nitrogen and oxygen atoms in total. The van der Waals surface area contributed by atoms with Crippen LogP contribution in [0.3, 0.4) is 0 Å². The minimum absolute atomic E-state index is 0.0489. The van der Waals surface area contributed by atoms with E-state index in [2.05, 4.69) is 20.4 Å². The number of aromatic nitrogens is 4. The van der Waals surface area contributed by atoms with Gasteiger partial charge in [0.25, 0.3) is 5.91 Å². The summed E-state index contributed by atoms with van der Waals surface area (Å²) in [5, 5.41) is 11.3. The van der Waals surface area contributed by atoms with Gasteiger partial charge in [0.1, 0.15) is 6.33 Å². The van der Waals surface area contributed by atoms with Crippen LogP contribution in [0.15, 0.2) is 36.7 Å². The molecule has 1 amide bonds. The molecule has 2 saturated heterocycles. The average molecular weight is 390 g/mol. The molecule has 4 rings (SSSR count). The SMILES string of the molecule is O=C([C@@H](c1ccccc1)n1cnnn1)N1CCN(C2CCS(=O)(=O)C2)CC1. The topological polar surface area (TPSA) is 101 Å². The molecule has 2 atom stereocenters. The standard InChI is InChI=1S/C17H22N6O3S/c24-17(16(23-13-18-19-20-23)14-4-2-1-3-5-14)22-9-7-21(8-10-22)15-6-11-27(25,26)12-15/h1-5,13,15-16H,6-12H2/t15?,16-/m1/s1. The van der Waals surface area contributed by atoms with Crippen LogP contribution in [0, 0.1) is 0 Å². The van der Waals surface area contributed by atoms with Crippen LogP contribution in [0.2, 0.25) is 0 Å². The number of nitrogens with zero attached hydrogens (tertiary/aromatic N) is 6. The number of piperazine rings is 1. The quantitative estimate of drug-likeness (QED) is 0.700. The Kier molecular flexibility index (Phi) is 4.92. The summed E-state index contributed by atoms with van der Waals surface area (Å²) in [5.41, 5.74) is 0.833. The van der Waals surface area contributed by atoms with Crippen LogP contribution in [0.1, 0.15) is 18.0 Å². The molecule has 1 aromatic carbocycles. The molecule has 0 bridgehead atoms. The highest BCUT2D eigenvalue weighted by Crippen LogP contribution is 2.23. The first-order chi connectivity index (χ1) is 13.0. The Morgan fingerprint density at radius 2 is 1.85 bits per heavy atom. The largest absolute Gasteiger partial charge is 0.338 e. The molecule has 144 valence electrons. The molecule has 10 heteroatoms. The maximum absolute atomic E-state index is 13.2. The highest BCUT2D eigenvalue weighted by atomic mass is 32.2. The summed E-state index contributed by atoms with van der Waals surface area (Å²) in [6.45, 7) is 2.51. The number of carbonyl (C=O) groups excluding carboxylic acids is 1. The summed E-state index contributed by atoms with van der Waals surface area (Å²) >= 11 is 0. The van der Waals surface area contributed by atoms with Gasteiger partial charge in [-0.2, -0.15) is 0 Å². The van der Waals surface area contributed by atoms with E-state index in [1.165, 1.54) is 11.0 Å². The highest BCUT2D eigenvalue weighted by molar-refractivity contribution is 7.91. The lowest BCUT2D eigenvalue weighted by Crippen LogP contribution is -2.53. The smallest absolute Gasteiger partial charge is 0.252 e. The molecule has 1 unspecified atom stereocenters. The summed E-state index contributed by atoms with van der Waals surface area (Å²) in [6.07, 6.45) is 2.14. The van der Waals surface area contributed by atoms with Crippen LogP contribution in [-0.4, -0.2) is 88.1 Å². The second-order valence-electron chi connectivity index (χ2n) is 7.02. The van der Waals surface area contributed by atoms with Gasteiger partial charge in [0.2, 0.25) is 0 Å². The Hall–Kier alpha value is -2.33. The van der Waals surface area contributed by atoms with Crippen molar-refractivity contribution in [2.24, 2.45) is 0 Å². The van der Waals surface area contributed by atoms with Gasteiger partial charge < -0.3 is 4.90 Å². The summed E-state index contributed by atoms with van der Waals surface area (Å²) in [5.74, 6) is 0.455. The summed E-state index contributed by atoms with van der Waals surface area (Å²) in [4.78, 5) is 17.2. The molecular formula is C17H22N6O3S. The van der Waals surface area contributed by atoms with Gasteiger partial charge in [-0.3, -0.25) is 9.69 Å². The normalized spacial score (nSPS) is 24.0. The van der Waals surface area contributed by atoms with E-state index in [0.29, 0.717) is 32.6 Å². The Labute approximate surface area is 157 Å². The molecule has 2 aromatic rings. The molecule has 1 aromatic heterocycles. The molecule has 27 heavy (non-hydrogen) atoms. The zero-order valence-corrected chi connectivity index (χ0v) is 15.7. The molecular weight excluding hydrogens is 368 g/mol. The molecule has 0 spiro atoms. The molecule has 2 fully saturated rings. The van der Waals surface area contributed by atoms with E-state index in [4.69, 9.17) is 0 Å². The van der Waals surface area contributed by atoms with Crippen molar-refractivity contribution in [3.05, 3.63) is 42.2 Å². The van der Waals surface area contributed by atoms with Gasteiger partial charge in [-0.1, -0.05) is 30.3 Å². The molecule has 2 aliphatic heterocycles. The number of hydrogen-bond donors (Lipinski definition) is 0. The molecule has 2 aliphatic rings. The van der Waals surface area contributed by atoms with Gasteiger partial charge in [-0.25, -0.2) is 13.1 Å². The van der Waals surface area contributed by atoms with Crippen molar-refractivity contribution >= 4 is 15.7 Å². The van der Waals surface area contributed by atoms with E-state index in [9.17, 15) is 13.2 Å². The van der Waals surface area contributed by atoms with E-state index >= 15 is 0 Å². The Bertz CT molecular complexity index is 879. The van der Waals surface area contributed by atoms with E-state index in [1.807, 2.05) is 35.2 Å². The van der Waals surface area contributed by atoms with Crippen LogP contribution in [0.4, 0.5) is 0 Å². The van der Waals surface area contributed by atoms with Crippen molar-refractivity contribution in [1.82, 2.24) is 30.0 Å². The summed E-state index contributed by atoms with van der Waals surface area (Å²) in [7, 11) is -2.90. The predicted octanol–water partition coefficient (Wildman–Crippen LogP) is -0.406. The Morgan fingerprint density at radius 3 is 2.44 bits per heavy atom. The van der Waals surface area contributed by atoms with E-state index < -0.39 is 15.9 Å². The number of carbonyl (C=O) groups is 1. The van der Waals surface area contributed by atoms with Gasteiger partial charge in [0, 0.05) is 32.2 Å². The monoisotopic (exact) mass is 390 g/mol. The highest BCUT2D eigenvalue weighted by Gasteiger charge is 2.36. The fourth-order valence-electron chi connectivity index (χ4n) is 3.87. The zero-order chi connectivity index (χ0) is 18.9. The maximum Gasteiger partial charge on any atom is 0.252 e. The lowest BCUT2D eigenvalue weighted by atomic mass is 10.1. The van der Waals surface area contributed by atoms with Crippen LogP contribution in [-0.2, 0) is 14.6 Å². The van der Waals surface area contributed by atoms with Crippen LogP contribution in [0.5, 0.6) is 0 Å². The van der Waals surface area contributed by atoms with Crippen LogP contribution < -0.4 is 0 Å². The molecule has 0 saturated carbocycles. The minimum atomic E-state index is -2.90. The second kappa shape index (κ2) is 7.35. The first-order valence-corrected chi connectivity index (χ1v) is 10.9. The second-order valence-corrected chi connectivity index (χ2v) is 9.25. The van der Waals surface area contributed by atoms with Gasteiger partial charge in [0.05, 0.1) is 11.5 Å². The first kappa shape index (κ1) is 18.1. The minimum Gasteiger partial charge on any atom is -0.338 e. The third-order valence-corrected chi connectivity index (χ3v) is 7.08. The molecule has 0 N–H and O–H groups in total. The van der Waals surface area contributed by atoms with E-state index in [0.717, 1.165) is 5.56 Å². The molecule has 3 heterocycles. The molecule has 0 aliphatic carbocycles. The number of amides is 1. The lowest BCUT2D eigenvalue weighted by molar-refractivity contribution is -0.135. The zero-order valence-electron chi connectivity index (χ0n) is 14.9. The third-order valence-electron chi connectivity index (χ3n) is 5.33. The van der Waals surface area contributed by atoms with Crippen LogP contribution in [0.25, 0.3) is 0 Å².